The topological polar surface area (TPSA) is 105 Å². The Kier molecular flexibility index (Phi) is 10.6. The number of rotatable bonds is 14. The van der Waals surface area contributed by atoms with Gasteiger partial charge in [-0.15, -0.1) is 0 Å². The molecule has 0 saturated carbocycles. The molecule has 196 valence electrons. The first-order chi connectivity index (χ1) is 16.9. The Labute approximate surface area is 208 Å². The Morgan fingerprint density at radius 1 is 1.00 bits per heavy atom. The Morgan fingerprint density at radius 2 is 1.71 bits per heavy atom. The summed E-state index contributed by atoms with van der Waals surface area (Å²) in [5, 5.41) is 3.04. The van der Waals surface area contributed by atoms with Crippen LogP contribution in [0.15, 0.2) is 9.59 Å². The van der Waals surface area contributed by atoms with Gasteiger partial charge in [0.2, 0.25) is 5.91 Å². The highest BCUT2D eigenvalue weighted by atomic mass is 16.2. The summed E-state index contributed by atoms with van der Waals surface area (Å²) in [7, 11) is 0. The second-order valence-corrected chi connectivity index (χ2v) is 10.1. The summed E-state index contributed by atoms with van der Waals surface area (Å²) in [4.78, 5) is 47.4. The molecule has 0 spiro atoms. The summed E-state index contributed by atoms with van der Waals surface area (Å²) in [5.74, 6) is 1.53. The Hall–Kier alpha value is -2.42. The summed E-state index contributed by atoms with van der Waals surface area (Å²) in [6, 6.07) is 0. The van der Waals surface area contributed by atoms with E-state index in [2.05, 4.69) is 36.0 Å². The van der Waals surface area contributed by atoms with Crippen molar-refractivity contribution < 1.29 is 4.79 Å². The van der Waals surface area contributed by atoms with Crippen LogP contribution in [-0.4, -0.2) is 56.1 Å². The highest BCUT2D eigenvalue weighted by Gasteiger charge is 2.19. The average Bonchev–Trinajstić information content (AvgIpc) is 3.20. The Bertz CT molecular complexity index is 1060. The molecular weight excluding hydrogens is 444 g/mol. The number of hydrogen-bond donors (Lipinski definition) is 2. The highest BCUT2D eigenvalue weighted by molar-refractivity contribution is 5.76. The number of hydrogen-bond acceptors (Lipinski definition) is 5. The first-order valence-electron chi connectivity index (χ1n) is 13.7. The van der Waals surface area contributed by atoms with Gasteiger partial charge in [0.25, 0.3) is 5.56 Å². The first-order valence-corrected chi connectivity index (χ1v) is 13.7. The number of likely N-dealkylation sites (tertiary alicyclic amines) is 1. The molecule has 0 aromatic carbocycles. The predicted molar refractivity (Wildman–Crippen MR) is 140 cm³/mol. The van der Waals surface area contributed by atoms with Crippen LogP contribution < -0.4 is 16.6 Å². The fourth-order valence-corrected chi connectivity index (χ4v) is 4.82. The van der Waals surface area contributed by atoms with Crippen LogP contribution >= 0.6 is 0 Å². The Morgan fingerprint density at radius 3 is 2.43 bits per heavy atom. The molecule has 1 aliphatic rings. The number of piperidine rings is 1. The van der Waals surface area contributed by atoms with Crippen LogP contribution in [0.5, 0.6) is 0 Å². The maximum Gasteiger partial charge on any atom is 0.330 e. The smallest absolute Gasteiger partial charge is 0.330 e. The Balaban J connectivity index is 1.64. The van der Waals surface area contributed by atoms with Crippen molar-refractivity contribution in [3.8, 4) is 0 Å². The van der Waals surface area contributed by atoms with Crippen molar-refractivity contribution in [1.29, 1.82) is 0 Å². The maximum absolute atomic E-state index is 12.7. The number of nitrogens with zero attached hydrogens (tertiary/aromatic N) is 4. The molecule has 35 heavy (non-hydrogen) atoms. The van der Waals surface area contributed by atoms with Gasteiger partial charge in [-0.05, 0) is 57.7 Å². The third-order valence-corrected chi connectivity index (χ3v) is 7.11. The fraction of sp³-hybridized carbons (Fsp3) is 0.769. The van der Waals surface area contributed by atoms with Crippen LogP contribution in [0.2, 0.25) is 0 Å². The molecule has 2 aromatic heterocycles. The molecule has 3 heterocycles. The van der Waals surface area contributed by atoms with Gasteiger partial charge < -0.3 is 14.8 Å². The minimum Gasteiger partial charge on any atom is -0.356 e. The molecule has 9 nitrogen and oxygen atoms in total. The van der Waals surface area contributed by atoms with E-state index in [-0.39, 0.29) is 5.91 Å². The van der Waals surface area contributed by atoms with E-state index in [9.17, 15) is 14.4 Å². The van der Waals surface area contributed by atoms with E-state index < -0.39 is 11.2 Å². The number of aromatic nitrogens is 4. The molecule has 1 aliphatic heterocycles. The van der Waals surface area contributed by atoms with Gasteiger partial charge in [-0.3, -0.25) is 19.1 Å². The summed E-state index contributed by atoms with van der Waals surface area (Å²) in [6.07, 6.45) is 9.04. The van der Waals surface area contributed by atoms with Crippen LogP contribution in [0.3, 0.4) is 0 Å². The predicted octanol–water partition coefficient (Wildman–Crippen LogP) is 3.05. The number of amides is 1. The molecule has 9 heteroatoms. The van der Waals surface area contributed by atoms with Gasteiger partial charge in [0.05, 0.1) is 0 Å². The van der Waals surface area contributed by atoms with E-state index in [1.54, 1.807) is 4.57 Å². The third kappa shape index (κ3) is 7.53. The molecule has 0 aliphatic carbocycles. The number of unbranched alkanes of at least 4 members (excludes halogenated alkanes) is 3. The summed E-state index contributed by atoms with van der Waals surface area (Å²) in [6.45, 7) is 11.7. The quantitative estimate of drug-likeness (QED) is 0.398. The molecule has 0 atom stereocenters. The van der Waals surface area contributed by atoms with Crippen LogP contribution in [0.4, 0.5) is 0 Å². The van der Waals surface area contributed by atoms with Crippen molar-refractivity contribution in [3.05, 3.63) is 26.7 Å². The lowest BCUT2D eigenvalue weighted by molar-refractivity contribution is -0.121. The van der Waals surface area contributed by atoms with Crippen molar-refractivity contribution >= 4 is 17.1 Å². The second kappa shape index (κ2) is 13.6. The van der Waals surface area contributed by atoms with E-state index in [0.29, 0.717) is 49.5 Å². The standard InChI is InChI=1S/C26H44N6O3/c1-4-6-8-17-31-21(28-24-23(31)25(34)29-26(35)32(24)16-7-5-2)10-11-22(33)27-14-9-15-30-18-12-20(3)13-19-30/h20H,4-19H2,1-3H3,(H,27,33)(H,29,34,35). The lowest BCUT2D eigenvalue weighted by atomic mass is 9.99. The SMILES string of the molecule is CCCCCn1c(CCC(=O)NCCCN2CCC(C)CC2)nc2c1c(=O)[nH]c(=O)n2CCCC. The normalized spacial score (nSPS) is 15.2. The molecule has 2 N–H and O–H groups in total. The lowest BCUT2D eigenvalue weighted by Gasteiger charge is -2.30. The average molecular weight is 489 g/mol. The minimum absolute atomic E-state index is 0.00159. The van der Waals surface area contributed by atoms with Crippen LogP contribution in [0.1, 0.15) is 84.4 Å². The number of aromatic amines is 1. The monoisotopic (exact) mass is 488 g/mol. The number of nitrogens with one attached hydrogen (secondary N) is 2. The zero-order valence-corrected chi connectivity index (χ0v) is 21.9. The largest absolute Gasteiger partial charge is 0.356 e. The molecule has 1 saturated heterocycles. The van der Waals surface area contributed by atoms with E-state index in [1.807, 2.05) is 4.57 Å². The van der Waals surface area contributed by atoms with Gasteiger partial charge in [0.1, 0.15) is 5.82 Å². The van der Waals surface area contributed by atoms with Crippen molar-refractivity contribution in [2.45, 2.75) is 98.1 Å². The van der Waals surface area contributed by atoms with Crippen molar-refractivity contribution in [2.24, 2.45) is 5.92 Å². The summed E-state index contributed by atoms with van der Waals surface area (Å²) < 4.78 is 3.50. The van der Waals surface area contributed by atoms with E-state index in [0.717, 1.165) is 64.1 Å². The van der Waals surface area contributed by atoms with Crippen molar-refractivity contribution in [3.63, 3.8) is 0 Å². The van der Waals surface area contributed by atoms with Crippen LogP contribution in [-0.2, 0) is 24.3 Å². The number of H-pyrrole nitrogens is 1. The number of imidazole rings is 1. The van der Waals surface area contributed by atoms with Crippen molar-refractivity contribution in [1.82, 2.24) is 29.3 Å². The summed E-state index contributed by atoms with van der Waals surface area (Å²) >= 11 is 0. The molecule has 2 aromatic rings. The van der Waals surface area contributed by atoms with E-state index in [1.165, 1.54) is 12.8 Å². The van der Waals surface area contributed by atoms with Gasteiger partial charge >= 0.3 is 5.69 Å². The summed E-state index contributed by atoms with van der Waals surface area (Å²) in [5.41, 5.74) is 0.0733. The third-order valence-electron chi connectivity index (χ3n) is 7.11. The fourth-order valence-electron chi connectivity index (χ4n) is 4.82. The number of aryl methyl sites for hydroxylation is 3. The molecule has 1 fully saturated rings. The first kappa shape index (κ1) is 27.2. The second-order valence-electron chi connectivity index (χ2n) is 10.1. The molecule has 1 amide bonds. The molecule has 0 radical (unpaired) electrons. The van der Waals surface area contributed by atoms with Crippen LogP contribution in [0.25, 0.3) is 11.2 Å². The van der Waals surface area contributed by atoms with E-state index >= 15 is 0 Å². The molecule has 0 unspecified atom stereocenters. The molecular formula is C26H44N6O3. The van der Waals surface area contributed by atoms with E-state index in [4.69, 9.17) is 4.98 Å². The van der Waals surface area contributed by atoms with Gasteiger partial charge in [0, 0.05) is 32.5 Å². The zero-order valence-electron chi connectivity index (χ0n) is 21.9. The zero-order chi connectivity index (χ0) is 25.2. The van der Waals surface area contributed by atoms with Gasteiger partial charge in [0.15, 0.2) is 11.2 Å². The van der Waals surface area contributed by atoms with Gasteiger partial charge in [-0.25, -0.2) is 9.78 Å². The van der Waals surface area contributed by atoms with Gasteiger partial charge in [-0.2, -0.15) is 0 Å². The molecule has 3 rings (SSSR count). The lowest BCUT2D eigenvalue weighted by Crippen LogP contribution is -2.35. The van der Waals surface area contributed by atoms with Crippen LogP contribution in [0, 0.1) is 5.92 Å². The van der Waals surface area contributed by atoms with Gasteiger partial charge in [-0.1, -0.05) is 40.0 Å². The highest BCUT2D eigenvalue weighted by Crippen LogP contribution is 2.17. The number of fused-ring (bicyclic) bond motifs is 1. The molecule has 0 bridgehead atoms. The van der Waals surface area contributed by atoms with Crippen molar-refractivity contribution in [2.75, 3.05) is 26.2 Å². The number of carbonyl (C=O) groups is 1. The number of carbonyl (C=O) groups excluding carboxylic acids is 1. The maximum atomic E-state index is 12.7. The minimum atomic E-state index is -0.415.